The van der Waals surface area contributed by atoms with E-state index in [1.54, 1.807) is 11.1 Å². The highest BCUT2D eigenvalue weighted by Crippen LogP contribution is 2.67. The molecule has 2 heteroatoms. The molecule has 1 saturated heterocycles. The third-order valence-corrected chi connectivity index (χ3v) is 9.81. The van der Waals surface area contributed by atoms with Crippen molar-refractivity contribution in [2.24, 2.45) is 34.5 Å². The number of fused-ring (bicyclic) bond motifs is 5. The van der Waals surface area contributed by atoms with Crippen molar-refractivity contribution in [3.8, 4) is 0 Å². The van der Waals surface area contributed by atoms with E-state index in [0.717, 1.165) is 30.6 Å². The fourth-order valence-corrected chi connectivity index (χ4v) is 8.59. The van der Waals surface area contributed by atoms with Crippen LogP contribution in [0.3, 0.4) is 0 Å². The van der Waals surface area contributed by atoms with E-state index >= 15 is 0 Å². The third-order valence-electron chi connectivity index (χ3n) is 9.81. The fraction of sp³-hybridized carbons (Fsp3) is 0.840. The normalized spacial score (nSPS) is 52.3. The first-order chi connectivity index (χ1) is 12.8. The summed E-state index contributed by atoms with van der Waals surface area (Å²) in [6, 6.07) is 0.655. The van der Waals surface area contributed by atoms with E-state index in [4.69, 9.17) is 0 Å². The van der Waals surface area contributed by atoms with Crippen LogP contribution in [0.1, 0.15) is 79.1 Å². The number of aliphatic hydroxyl groups excluding tert-OH is 1. The van der Waals surface area contributed by atoms with Crippen LogP contribution in [-0.4, -0.2) is 23.8 Å². The second-order valence-electron chi connectivity index (χ2n) is 11.2. The maximum Gasteiger partial charge on any atom is 0.0577 e. The van der Waals surface area contributed by atoms with Gasteiger partial charge in [0.05, 0.1) is 6.10 Å². The minimum atomic E-state index is -0.0997. The van der Waals surface area contributed by atoms with Crippen LogP contribution in [0, 0.1) is 34.5 Å². The maximum atomic E-state index is 10.3. The quantitative estimate of drug-likeness (QED) is 0.620. The number of hydrogen-bond donors (Lipinski definition) is 2. The summed E-state index contributed by atoms with van der Waals surface area (Å²) < 4.78 is 0. The lowest BCUT2D eigenvalue weighted by Gasteiger charge is -2.59. The average Bonchev–Trinajstić information content (AvgIpc) is 3.21. The molecular formula is C25H39NO. The highest BCUT2D eigenvalue weighted by atomic mass is 16.3. The molecule has 5 rings (SSSR count). The Morgan fingerprint density at radius 3 is 2.56 bits per heavy atom. The number of allylic oxidation sites excluding steroid dienone is 2. The monoisotopic (exact) mass is 369 g/mol. The number of nitrogens with one attached hydrogen (secondary N) is 1. The third kappa shape index (κ3) is 2.51. The van der Waals surface area contributed by atoms with Crippen molar-refractivity contribution >= 4 is 0 Å². The molecule has 2 saturated carbocycles. The molecule has 27 heavy (non-hydrogen) atoms. The van der Waals surface area contributed by atoms with E-state index in [-0.39, 0.29) is 6.10 Å². The van der Waals surface area contributed by atoms with Gasteiger partial charge in [-0.05, 0) is 105 Å². The minimum absolute atomic E-state index is 0.0997. The van der Waals surface area contributed by atoms with Crippen molar-refractivity contribution in [3.63, 3.8) is 0 Å². The van der Waals surface area contributed by atoms with Crippen LogP contribution in [0.25, 0.3) is 0 Å². The molecule has 0 amide bonds. The van der Waals surface area contributed by atoms with Crippen molar-refractivity contribution in [3.05, 3.63) is 22.8 Å². The fourth-order valence-electron chi connectivity index (χ4n) is 8.59. The Kier molecular flexibility index (Phi) is 4.23. The van der Waals surface area contributed by atoms with E-state index in [1.807, 2.05) is 5.57 Å². The highest BCUT2D eigenvalue weighted by molar-refractivity contribution is 5.37. The van der Waals surface area contributed by atoms with Crippen molar-refractivity contribution in [1.29, 1.82) is 0 Å². The summed E-state index contributed by atoms with van der Waals surface area (Å²) in [7, 11) is 0. The van der Waals surface area contributed by atoms with Crippen LogP contribution in [0.4, 0.5) is 0 Å². The second kappa shape index (κ2) is 6.20. The molecule has 2 N–H and O–H groups in total. The Morgan fingerprint density at radius 2 is 1.81 bits per heavy atom. The lowest BCUT2D eigenvalue weighted by Crippen LogP contribution is -2.53. The van der Waals surface area contributed by atoms with Crippen LogP contribution in [0.2, 0.25) is 0 Å². The topological polar surface area (TPSA) is 32.3 Å². The average molecular weight is 370 g/mol. The molecule has 4 aliphatic carbocycles. The predicted octanol–water partition coefficient (Wildman–Crippen LogP) is 5.23. The Labute approximate surface area is 165 Å². The lowest BCUT2D eigenvalue weighted by molar-refractivity contribution is -0.0493. The summed E-state index contributed by atoms with van der Waals surface area (Å²) in [5, 5.41) is 14.1. The zero-order valence-corrected chi connectivity index (χ0v) is 17.9. The van der Waals surface area contributed by atoms with Crippen LogP contribution in [0.5, 0.6) is 0 Å². The number of aliphatic hydroxyl groups is 1. The van der Waals surface area contributed by atoms with Gasteiger partial charge in [-0.15, -0.1) is 0 Å². The molecule has 1 unspecified atom stereocenters. The number of rotatable bonds is 1. The Hall–Kier alpha value is -0.600. The minimum Gasteiger partial charge on any atom is -0.393 e. The van der Waals surface area contributed by atoms with Gasteiger partial charge in [-0.3, -0.25) is 0 Å². The van der Waals surface area contributed by atoms with Gasteiger partial charge in [-0.25, -0.2) is 0 Å². The van der Waals surface area contributed by atoms with Gasteiger partial charge >= 0.3 is 0 Å². The molecule has 1 aliphatic heterocycles. The smallest absolute Gasteiger partial charge is 0.0577 e. The van der Waals surface area contributed by atoms with Gasteiger partial charge in [-0.1, -0.05) is 38.0 Å². The molecule has 2 nitrogen and oxygen atoms in total. The van der Waals surface area contributed by atoms with Crippen molar-refractivity contribution < 1.29 is 5.11 Å². The highest BCUT2D eigenvalue weighted by Gasteiger charge is 2.59. The van der Waals surface area contributed by atoms with E-state index in [9.17, 15) is 5.11 Å². The molecule has 0 aromatic carbocycles. The molecule has 0 spiro atoms. The first-order valence-corrected chi connectivity index (χ1v) is 11.7. The summed E-state index contributed by atoms with van der Waals surface area (Å²) in [6.45, 7) is 11.3. The van der Waals surface area contributed by atoms with Crippen LogP contribution in [0.15, 0.2) is 22.8 Å². The van der Waals surface area contributed by atoms with Crippen LogP contribution in [-0.2, 0) is 0 Å². The molecular weight excluding hydrogens is 330 g/mol. The molecule has 0 aromatic rings. The SMILES string of the molecule is CC1=C(C2CCCN2)[C@@]2(C)CC[C@H]3[C@@H]([C@@H](C)C=C4C[C@@H](O)CC[C@@]43C)[C@@H]2C1. The molecule has 5 aliphatic rings. The number of hydrogen-bond acceptors (Lipinski definition) is 2. The molecule has 3 fully saturated rings. The van der Waals surface area contributed by atoms with Gasteiger partial charge < -0.3 is 10.4 Å². The van der Waals surface area contributed by atoms with Crippen LogP contribution >= 0.6 is 0 Å². The summed E-state index contributed by atoms with van der Waals surface area (Å²) in [5.41, 5.74) is 5.89. The first kappa shape index (κ1) is 18.4. The van der Waals surface area contributed by atoms with Crippen molar-refractivity contribution in [2.75, 3.05) is 6.54 Å². The molecule has 8 atom stereocenters. The predicted molar refractivity (Wildman–Crippen MR) is 111 cm³/mol. The Bertz CT molecular complexity index is 686. The van der Waals surface area contributed by atoms with Crippen molar-refractivity contribution in [2.45, 2.75) is 91.2 Å². The van der Waals surface area contributed by atoms with Crippen molar-refractivity contribution in [1.82, 2.24) is 5.32 Å². The van der Waals surface area contributed by atoms with Crippen LogP contribution < -0.4 is 5.32 Å². The van der Waals surface area contributed by atoms with E-state index < -0.39 is 0 Å². The second-order valence-corrected chi connectivity index (χ2v) is 11.2. The van der Waals surface area contributed by atoms with Gasteiger partial charge in [0.25, 0.3) is 0 Å². The Morgan fingerprint density at radius 1 is 1.04 bits per heavy atom. The molecule has 0 radical (unpaired) electrons. The molecule has 150 valence electrons. The first-order valence-electron chi connectivity index (χ1n) is 11.7. The summed E-state index contributed by atoms with van der Waals surface area (Å²) in [4.78, 5) is 0. The van der Waals surface area contributed by atoms with Gasteiger partial charge in [-0.2, -0.15) is 0 Å². The zero-order valence-electron chi connectivity index (χ0n) is 17.9. The van der Waals surface area contributed by atoms with E-state index in [1.165, 1.54) is 45.1 Å². The molecule has 0 bridgehead atoms. The molecule has 1 heterocycles. The standard InChI is InChI=1S/C25H39NO/c1-15-12-17-14-18(27)7-9-24(17,3)19-8-10-25(4)20(22(15)19)13-16(2)23(25)21-6-5-11-26-21/h12,15,18-22,26-27H,5-11,13-14H2,1-4H3/t15-,18-,19-,20-,21?,22+,24-,25-/m0/s1. The van der Waals surface area contributed by atoms with Gasteiger partial charge in [0, 0.05) is 6.04 Å². The largest absolute Gasteiger partial charge is 0.393 e. The molecule has 0 aromatic heterocycles. The van der Waals surface area contributed by atoms with E-state index in [2.05, 4.69) is 39.1 Å². The summed E-state index contributed by atoms with van der Waals surface area (Å²) in [5.74, 6) is 3.13. The van der Waals surface area contributed by atoms with Gasteiger partial charge in [0.1, 0.15) is 0 Å². The van der Waals surface area contributed by atoms with Gasteiger partial charge in [0.2, 0.25) is 0 Å². The lowest BCUT2D eigenvalue weighted by atomic mass is 9.45. The summed E-state index contributed by atoms with van der Waals surface area (Å²) >= 11 is 0. The summed E-state index contributed by atoms with van der Waals surface area (Å²) in [6.07, 6.45) is 12.4. The zero-order chi connectivity index (χ0) is 19.0. The maximum absolute atomic E-state index is 10.3. The Balaban J connectivity index is 1.51. The van der Waals surface area contributed by atoms with E-state index in [0.29, 0.717) is 22.8 Å². The van der Waals surface area contributed by atoms with Gasteiger partial charge in [0.15, 0.2) is 0 Å².